The number of nitrogens with one attached hydrogen (secondary N) is 3. The highest BCUT2D eigenvalue weighted by Crippen LogP contribution is 1.98. The van der Waals surface area contributed by atoms with Gasteiger partial charge in [0.25, 0.3) is 0 Å². The maximum absolute atomic E-state index is 11.0. The van der Waals surface area contributed by atoms with E-state index in [9.17, 15) is 9.59 Å². The van der Waals surface area contributed by atoms with E-state index in [-0.39, 0.29) is 5.91 Å². The highest BCUT2D eigenvalue weighted by molar-refractivity contribution is 5.73. The fraction of sp³-hybridized carbons (Fsp3) is 0.545. The first kappa shape index (κ1) is 14.2. The van der Waals surface area contributed by atoms with Crippen LogP contribution < -0.4 is 10.6 Å². The topological polar surface area (TPSA) is 107 Å². The summed E-state index contributed by atoms with van der Waals surface area (Å²) in [5.74, 6) is -0.980. The number of aromatic nitrogens is 2. The molecule has 0 spiro atoms. The van der Waals surface area contributed by atoms with Crippen molar-refractivity contribution in [3.05, 3.63) is 18.2 Å². The molecule has 1 amide bonds. The number of hydrogen-bond donors (Lipinski definition) is 4. The van der Waals surface area contributed by atoms with Gasteiger partial charge in [-0.05, 0) is 13.0 Å². The number of carboxylic acids is 1. The molecule has 7 nitrogen and oxygen atoms in total. The first-order chi connectivity index (χ1) is 8.59. The first-order valence-electron chi connectivity index (χ1n) is 5.77. The number of hydrogen-bond acceptors (Lipinski definition) is 4. The minimum absolute atomic E-state index is 0.0813. The van der Waals surface area contributed by atoms with Gasteiger partial charge in [-0.2, -0.15) is 0 Å². The Kier molecular flexibility index (Phi) is 5.86. The van der Waals surface area contributed by atoms with E-state index in [1.54, 1.807) is 6.20 Å². The lowest BCUT2D eigenvalue weighted by molar-refractivity contribution is -0.139. The fourth-order valence-electron chi connectivity index (χ4n) is 1.49. The van der Waals surface area contributed by atoms with E-state index in [1.165, 1.54) is 13.3 Å². The third kappa shape index (κ3) is 5.44. The predicted molar refractivity (Wildman–Crippen MR) is 65.0 cm³/mol. The molecule has 0 saturated carbocycles. The van der Waals surface area contributed by atoms with Gasteiger partial charge in [-0.1, -0.05) is 0 Å². The van der Waals surface area contributed by atoms with Gasteiger partial charge in [0, 0.05) is 31.8 Å². The summed E-state index contributed by atoms with van der Waals surface area (Å²) in [6.07, 6.45) is 4.17. The van der Waals surface area contributed by atoms with Crippen molar-refractivity contribution in [2.24, 2.45) is 0 Å². The Morgan fingerprint density at radius 3 is 2.83 bits per heavy atom. The number of aliphatic carboxylic acids is 1. The number of aromatic amines is 1. The molecule has 0 bridgehead atoms. The zero-order chi connectivity index (χ0) is 13.4. The fourth-order valence-corrected chi connectivity index (χ4v) is 1.49. The number of H-pyrrole nitrogens is 1. The number of rotatable bonds is 8. The molecular formula is C11H18N4O3. The summed E-state index contributed by atoms with van der Waals surface area (Å²) in [5, 5.41) is 14.6. The number of carboxylic acid groups (broad SMARTS) is 1. The molecule has 1 atom stereocenters. The summed E-state index contributed by atoms with van der Waals surface area (Å²) in [6, 6.07) is -0.650. The second-order valence-corrected chi connectivity index (χ2v) is 3.96. The van der Waals surface area contributed by atoms with Crippen LogP contribution in [-0.2, 0) is 16.0 Å². The van der Waals surface area contributed by atoms with Crippen LogP contribution in [0.25, 0.3) is 0 Å². The van der Waals surface area contributed by atoms with Crippen LogP contribution in [0.4, 0.5) is 0 Å². The van der Waals surface area contributed by atoms with Gasteiger partial charge in [0.05, 0.1) is 6.33 Å². The Labute approximate surface area is 105 Å². The maximum atomic E-state index is 11.0. The van der Waals surface area contributed by atoms with Crippen LogP contribution in [0.5, 0.6) is 0 Å². The lowest BCUT2D eigenvalue weighted by atomic mass is 10.1. The van der Waals surface area contributed by atoms with Crippen molar-refractivity contribution in [3.63, 3.8) is 0 Å². The average Bonchev–Trinajstić information content (AvgIpc) is 2.79. The number of carbonyl (C=O) groups excluding carboxylic acids is 1. The molecule has 0 aliphatic rings. The van der Waals surface area contributed by atoms with Gasteiger partial charge in [-0.15, -0.1) is 0 Å². The average molecular weight is 254 g/mol. The van der Waals surface area contributed by atoms with Gasteiger partial charge in [0.2, 0.25) is 5.91 Å². The van der Waals surface area contributed by atoms with E-state index in [0.717, 1.165) is 5.69 Å². The SMILES string of the molecule is CC(=O)NCCCN[C@H](Cc1cnc[nH]1)C(=O)O. The number of carbonyl (C=O) groups is 2. The molecule has 0 radical (unpaired) electrons. The summed E-state index contributed by atoms with van der Waals surface area (Å²) in [7, 11) is 0. The summed E-state index contributed by atoms with van der Waals surface area (Å²) in [5.41, 5.74) is 0.775. The second-order valence-electron chi connectivity index (χ2n) is 3.96. The molecule has 100 valence electrons. The van der Waals surface area contributed by atoms with Crippen molar-refractivity contribution in [2.45, 2.75) is 25.8 Å². The van der Waals surface area contributed by atoms with E-state index in [2.05, 4.69) is 20.6 Å². The van der Waals surface area contributed by atoms with Gasteiger partial charge in [0.1, 0.15) is 6.04 Å². The zero-order valence-corrected chi connectivity index (χ0v) is 10.3. The Bertz CT molecular complexity index is 378. The summed E-state index contributed by atoms with van der Waals surface area (Å²) >= 11 is 0. The molecule has 0 saturated heterocycles. The molecule has 0 unspecified atom stereocenters. The van der Waals surface area contributed by atoms with Gasteiger partial charge in [-0.25, -0.2) is 4.98 Å². The smallest absolute Gasteiger partial charge is 0.321 e. The second kappa shape index (κ2) is 7.44. The highest BCUT2D eigenvalue weighted by Gasteiger charge is 2.17. The van der Waals surface area contributed by atoms with Crippen molar-refractivity contribution in [1.82, 2.24) is 20.6 Å². The van der Waals surface area contributed by atoms with E-state index in [0.29, 0.717) is 25.9 Å². The molecule has 18 heavy (non-hydrogen) atoms. The summed E-state index contributed by atoms with van der Waals surface area (Å²) in [4.78, 5) is 28.4. The summed E-state index contributed by atoms with van der Waals surface area (Å²) in [6.45, 7) is 2.52. The lowest BCUT2D eigenvalue weighted by Crippen LogP contribution is -2.40. The quantitative estimate of drug-likeness (QED) is 0.469. The van der Waals surface area contributed by atoms with Crippen molar-refractivity contribution >= 4 is 11.9 Å². The number of nitrogens with zero attached hydrogens (tertiary/aromatic N) is 1. The molecule has 1 aromatic rings. The minimum Gasteiger partial charge on any atom is -0.480 e. The predicted octanol–water partition coefficient (Wildman–Crippen LogP) is -0.479. The van der Waals surface area contributed by atoms with Crippen LogP contribution in [0, 0.1) is 0 Å². The van der Waals surface area contributed by atoms with Crippen LogP contribution in [0.3, 0.4) is 0 Å². The Morgan fingerprint density at radius 1 is 1.50 bits per heavy atom. The molecule has 1 rings (SSSR count). The van der Waals surface area contributed by atoms with Crippen LogP contribution in [0.1, 0.15) is 19.0 Å². The molecule has 1 heterocycles. The van der Waals surface area contributed by atoms with E-state index < -0.39 is 12.0 Å². The molecule has 0 aliphatic heterocycles. The lowest BCUT2D eigenvalue weighted by Gasteiger charge is -2.13. The van der Waals surface area contributed by atoms with Crippen molar-refractivity contribution in [3.8, 4) is 0 Å². The number of amides is 1. The van der Waals surface area contributed by atoms with Crippen LogP contribution in [0.15, 0.2) is 12.5 Å². The van der Waals surface area contributed by atoms with Gasteiger partial charge in [-0.3, -0.25) is 9.59 Å². The Morgan fingerprint density at radius 2 is 2.28 bits per heavy atom. The molecule has 4 N–H and O–H groups in total. The van der Waals surface area contributed by atoms with Crippen molar-refractivity contribution in [1.29, 1.82) is 0 Å². The van der Waals surface area contributed by atoms with Gasteiger partial charge < -0.3 is 20.7 Å². The third-order valence-electron chi connectivity index (χ3n) is 2.40. The number of imidazole rings is 1. The summed E-state index contributed by atoms with van der Waals surface area (Å²) < 4.78 is 0. The Hall–Kier alpha value is -1.89. The van der Waals surface area contributed by atoms with E-state index >= 15 is 0 Å². The maximum Gasteiger partial charge on any atom is 0.321 e. The van der Waals surface area contributed by atoms with Crippen LogP contribution in [0.2, 0.25) is 0 Å². The standard InChI is InChI=1S/C11H18N4O3/c1-8(16)13-3-2-4-14-10(11(17)18)5-9-6-12-7-15-9/h6-7,10,14H,2-5H2,1H3,(H,12,15)(H,13,16)(H,17,18)/t10-/m1/s1. The molecule has 7 heteroatoms. The largest absolute Gasteiger partial charge is 0.480 e. The molecule has 0 fully saturated rings. The van der Waals surface area contributed by atoms with E-state index in [4.69, 9.17) is 5.11 Å². The first-order valence-corrected chi connectivity index (χ1v) is 5.77. The van der Waals surface area contributed by atoms with Crippen molar-refractivity contribution < 1.29 is 14.7 Å². The molecular weight excluding hydrogens is 236 g/mol. The van der Waals surface area contributed by atoms with Gasteiger partial charge >= 0.3 is 5.97 Å². The van der Waals surface area contributed by atoms with Gasteiger partial charge in [0.15, 0.2) is 0 Å². The van der Waals surface area contributed by atoms with Crippen LogP contribution in [-0.4, -0.2) is 46.1 Å². The van der Waals surface area contributed by atoms with Crippen LogP contribution >= 0.6 is 0 Å². The minimum atomic E-state index is -0.899. The molecule has 1 aromatic heterocycles. The Balaban J connectivity index is 2.26. The normalized spacial score (nSPS) is 12.1. The third-order valence-corrected chi connectivity index (χ3v) is 2.40. The highest BCUT2D eigenvalue weighted by atomic mass is 16.4. The monoisotopic (exact) mass is 254 g/mol. The zero-order valence-electron chi connectivity index (χ0n) is 10.3. The van der Waals surface area contributed by atoms with Crippen molar-refractivity contribution in [2.75, 3.05) is 13.1 Å². The molecule has 0 aromatic carbocycles. The van der Waals surface area contributed by atoms with E-state index in [1.807, 2.05) is 0 Å². The molecule has 0 aliphatic carbocycles.